The number of fused-ring (bicyclic) bond motifs is 3. The summed E-state index contributed by atoms with van der Waals surface area (Å²) in [5, 5.41) is 3.46. The van der Waals surface area contributed by atoms with E-state index in [1.807, 2.05) is 41.0 Å². The van der Waals surface area contributed by atoms with Gasteiger partial charge in [-0.25, -0.2) is 9.18 Å². The quantitative estimate of drug-likeness (QED) is 0.485. The van der Waals surface area contributed by atoms with Crippen LogP contribution >= 0.6 is 0 Å². The van der Waals surface area contributed by atoms with Crippen molar-refractivity contribution in [2.45, 2.75) is 32.0 Å². The molecule has 1 aromatic heterocycles. The van der Waals surface area contributed by atoms with Crippen LogP contribution in [0.15, 0.2) is 65.5 Å². The Morgan fingerprint density at radius 3 is 2.88 bits per heavy atom. The average molecular weight is 442 g/mol. The number of hydrogen-bond donors (Lipinski definition) is 2. The number of imidazole rings is 1. The Bertz CT molecular complexity index is 1440. The van der Waals surface area contributed by atoms with Crippen LogP contribution < -0.4 is 15.7 Å². The van der Waals surface area contributed by atoms with Gasteiger partial charge in [0.15, 0.2) is 0 Å². The van der Waals surface area contributed by atoms with Crippen molar-refractivity contribution in [3.8, 4) is 5.75 Å². The molecule has 166 valence electrons. The van der Waals surface area contributed by atoms with Crippen molar-refractivity contribution in [2.24, 2.45) is 0 Å². The second kappa shape index (κ2) is 8.05. The van der Waals surface area contributed by atoms with Crippen molar-refractivity contribution in [1.82, 2.24) is 14.9 Å². The van der Waals surface area contributed by atoms with Gasteiger partial charge in [-0.15, -0.1) is 0 Å². The molecule has 2 aliphatic rings. The molecular weight excluding hydrogens is 417 g/mol. The zero-order valence-electron chi connectivity index (χ0n) is 18.1. The molecule has 2 aliphatic heterocycles. The topological polar surface area (TPSA) is 59.1 Å². The van der Waals surface area contributed by atoms with Gasteiger partial charge in [0, 0.05) is 24.2 Å². The van der Waals surface area contributed by atoms with Crippen LogP contribution in [0.4, 0.5) is 4.39 Å². The van der Waals surface area contributed by atoms with Crippen LogP contribution in [0.5, 0.6) is 5.75 Å². The summed E-state index contributed by atoms with van der Waals surface area (Å²) in [6, 6.07) is 19.1. The van der Waals surface area contributed by atoms with Gasteiger partial charge < -0.3 is 15.0 Å². The fourth-order valence-corrected chi connectivity index (χ4v) is 4.95. The molecule has 0 saturated carbocycles. The van der Waals surface area contributed by atoms with Crippen molar-refractivity contribution in [3.05, 3.63) is 99.2 Å². The van der Waals surface area contributed by atoms with Crippen molar-refractivity contribution < 1.29 is 9.13 Å². The number of nitrogens with zero attached hydrogens (tertiary/aromatic N) is 1. The third-order valence-corrected chi connectivity index (χ3v) is 6.60. The van der Waals surface area contributed by atoms with E-state index >= 15 is 0 Å². The van der Waals surface area contributed by atoms with E-state index in [0.717, 1.165) is 58.2 Å². The van der Waals surface area contributed by atoms with E-state index in [9.17, 15) is 9.18 Å². The lowest BCUT2D eigenvalue weighted by atomic mass is 9.92. The summed E-state index contributed by atoms with van der Waals surface area (Å²) >= 11 is 0. The lowest BCUT2D eigenvalue weighted by Crippen LogP contribution is -2.31. The highest BCUT2D eigenvalue weighted by molar-refractivity contribution is 5.95. The summed E-state index contributed by atoms with van der Waals surface area (Å²) in [7, 11) is 0. The van der Waals surface area contributed by atoms with Gasteiger partial charge in [0.2, 0.25) is 0 Å². The van der Waals surface area contributed by atoms with Gasteiger partial charge in [0.05, 0.1) is 11.0 Å². The molecule has 0 amide bonds. The summed E-state index contributed by atoms with van der Waals surface area (Å²) < 4.78 is 21.7. The molecule has 0 unspecified atom stereocenters. The maximum atomic E-state index is 13.9. The Kier molecular flexibility index (Phi) is 4.88. The highest BCUT2D eigenvalue weighted by atomic mass is 19.1. The fraction of sp³-hybridized carbons (Fsp3) is 0.222. The first-order valence-electron chi connectivity index (χ1n) is 11.3. The van der Waals surface area contributed by atoms with Crippen LogP contribution in [0.3, 0.4) is 0 Å². The number of H-pyrrole nitrogens is 1. The molecular formula is C27H24FN3O2. The largest absolute Gasteiger partial charge is 0.488 e. The Labute approximate surface area is 190 Å². The van der Waals surface area contributed by atoms with Crippen LogP contribution in [0.25, 0.3) is 22.7 Å². The lowest BCUT2D eigenvalue weighted by molar-refractivity contribution is 0.305. The lowest BCUT2D eigenvalue weighted by Gasteiger charge is -2.12. The average Bonchev–Trinajstić information content (AvgIpc) is 3.41. The van der Waals surface area contributed by atoms with Gasteiger partial charge in [-0.3, -0.25) is 4.57 Å². The van der Waals surface area contributed by atoms with Crippen LogP contribution in [-0.4, -0.2) is 22.1 Å². The first kappa shape index (κ1) is 20.0. The number of nitrogens with one attached hydrogen (secondary N) is 2. The van der Waals surface area contributed by atoms with E-state index in [-0.39, 0.29) is 11.5 Å². The monoisotopic (exact) mass is 441 g/mol. The Morgan fingerprint density at radius 1 is 1.09 bits per heavy atom. The minimum Gasteiger partial charge on any atom is -0.488 e. The number of aromatic amines is 1. The normalized spacial score (nSPS) is 18.7. The Balaban J connectivity index is 1.46. The summed E-state index contributed by atoms with van der Waals surface area (Å²) in [6.45, 7) is 2.06. The van der Waals surface area contributed by atoms with Crippen molar-refractivity contribution in [1.29, 1.82) is 0 Å². The molecule has 33 heavy (non-hydrogen) atoms. The Morgan fingerprint density at radius 2 is 2.00 bits per heavy atom. The fourth-order valence-electron chi connectivity index (χ4n) is 4.95. The minimum atomic E-state index is -0.323. The molecule has 1 fully saturated rings. The predicted molar refractivity (Wildman–Crippen MR) is 128 cm³/mol. The maximum absolute atomic E-state index is 13.9. The molecule has 0 bridgehead atoms. The van der Waals surface area contributed by atoms with E-state index in [4.69, 9.17) is 4.74 Å². The molecule has 5 nitrogen and oxygen atoms in total. The van der Waals surface area contributed by atoms with Crippen molar-refractivity contribution in [2.75, 3.05) is 6.54 Å². The van der Waals surface area contributed by atoms with Crippen molar-refractivity contribution in [3.63, 3.8) is 0 Å². The number of aromatic nitrogens is 2. The van der Waals surface area contributed by atoms with Gasteiger partial charge in [-0.2, -0.15) is 0 Å². The Hall–Kier alpha value is -3.64. The second-order valence-electron chi connectivity index (χ2n) is 8.75. The van der Waals surface area contributed by atoms with Crippen LogP contribution in [-0.2, 0) is 13.2 Å². The number of benzene rings is 3. The number of hydrogen-bond acceptors (Lipinski definition) is 3. The van der Waals surface area contributed by atoms with E-state index in [2.05, 4.69) is 22.4 Å². The molecule has 3 heterocycles. The number of rotatable bonds is 3. The zero-order valence-corrected chi connectivity index (χ0v) is 18.1. The second-order valence-corrected chi connectivity index (χ2v) is 8.75. The van der Waals surface area contributed by atoms with Crippen molar-refractivity contribution >= 4 is 22.7 Å². The summed E-state index contributed by atoms with van der Waals surface area (Å²) in [6.07, 6.45) is 4.32. The first-order valence-corrected chi connectivity index (χ1v) is 11.3. The van der Waals surface area contributed by atoms with Gasteiger partial charge in [-0.05, 0) is 72.0 Å². The molecule has 1 atom stereocenters. The highest BCUT2D eigenvalue weighted by Crippen LogP contribution is 2.38. The standard InChI is InChI=1S/C27H24FN3O2/c28-19-8-9-22-23(21-6-2-1-4-18(21)16-33-26(22)14-19)12-17-7-10-25-24(13-17)30-27(32)31(25)15-20-5-3-11-29-20/h1-2,4,6-10,12-14,20,29H,3,5,11,15-16H2,(H,30,32)/t20-/m0/s1. The molecule has 0 radical (unpaired) electrons. The molecule has 3 aromatic carbocycles. The van der Waals surface area contributed by atoms with Gasteiger partial charge in [0.1, 0.15) is 18.2 Å². The van der Waals surface area contributed by atoms with E-state index in [0.29, 0.717) is 24.9 Å². The number of halogens is 1. The molecule has 6 rings (SSSR count). The summed E-state index contributed by atoms with van der Waals surface area (Å²) in [5.41, 5.74) is 6.50. The van der Waals surface area contributed by atoms with Crippen LogP contribution in [0.2, 0.25) is 0 Å². The van der Waals surface area contributed by atoms with E-state index < -0.39 is 0 Å². The highest BCUT2D eigenvalue weighted by Gasteiger charge is 2.20. The molecule has 4 aromatic rings. The summed E-state index contributed by atoms with van der Waals surface area (Å²) in [5.74, 6) is 0.207. The smallest absolute Gasteiger partial charge is 0.326 e. The minimum absolute atomic E-state index is 0.0856. The van der Waals surface area contributed by atoms with Crippen LogP contribution in [0, 0.1) is 5.82 Å². The summed E-state index contributed by atoms with van der Waals surface area (Å²) in [4.78, 5) is 15.7. The van der Waals surface area contributed by atoms with Gasteiger partial charge >= 0.3 is 5.69 Å². The van der Waals surface area contributed by atoms with Gasteiger partial charge in [-0.1, -0.05) is 30.3 Å². The van der Waals surface area contributed by atoms with Gasteiger partial charge in [0.25, 0.3) is 0 Å². The van der Waals surface area contributed by atoms with E-state index in [1.54, 1.807) is 6.07 Å². The third kappa shape index (κ3) is 3.66. The third-order valence-electron chi connectivity index (χ3n) is 6.60. The molecule has 0 spiro atoms. The number of ether oxygens (including phenoxy) is 1. The molecule has 1 saturated heterocycles. The molecule has 0 aliphatic carbocycles. The predicted octanol–water partition coefficient (Wildman–Crippen LogP) is 4.70. The SMILES string of the molecule is O=c1[nH]c2cc(C=C3c4ccccc4COc4cc(F)ccc43)ccc2n1C[C@@H]1CCCN1. The molecule has 2 N–H and O–H groups in total. The maximum Gasteiger partial charge on any atom is 0.326 e. The zero-order chi connectivity index (χ0) is 22.4. The first-order chi connectivity index (χ1) is 16.2. The van der Waals surface area contributed by atoms with Crippen LogP contribution in [0.1, 0.15) is 35.1 Å². The van der Waals surface area contributed by atoms with E-state index in [1.165, 1.54) is 12.1 Å². The molecule has 6 heteroatoms.